The number of hydrogen-bond acceptors (Lipinski definition) is 3. The molecule has 0 fully saturated rings. The van der Waals surface area contributed by atoms with Crippen molar-refractivity contribution in [2.75, 3.05) is 0 Å². The smallest absolute Gasteiger partial charge is 0.221 e. The number of oxazole rings is 1. The second-order valence-corrected chi connectivity index (χ2v) is 13.6. The first-order valence-corrected chi connectivity index (χ1v) is 12.9. The fourth-order valence-electron chi connectivity index (χ4n) is 2.95. The quantitative estimate of drug-likeness (QED) is 0.404. The van der Waals surface area contributed by atoms with Crippen LogP contribution >= 0.6 is 0 Å². The van der Waals surface area contributed by atoms with E-state index in [1.165, 1.54) is 16.7 Å². The largest absolute Gasteiger partial charge is 0.446 e. The minimum Gasteiger partial charge on any atom is -0.446 e. The lowest BCUT2D eigenvalue weighted by molar-refractivity contribution is 0.142. The van der Waals surface area contributed by atoms with Gasteiger partial charge in [0.25, 0.3) is 0 Å². The van der Waals surface area contributed by atoms with Crippen molar-refractivity contribution in [1.82, 2.24) is 4.98 Å². The van der Waals surface area contributed by atoms with Gasteiger partial charge in [0.15, 0.2) is 8.32 Å². The molecule has 148 valence electrons. The van der Waals surface area contributed by atoms with Gasteiger partial charge in [-0.1, -0.05) is 75.4 Å². The van der Waals surface area contributed by atoms with E-state index < -0.39 is 8.32 Å². The SMILES string of the molecule is CC(C)(C)[Si](C)(C)OC(CCc1ccc(-c2ccccc2)cc1)c1ncco1. The third-order valence-electron chi connectivity index (χ3n) is 5.73. The highest BCUT2D eigenvalue weighted by atomic mass is 28.4. The summed E-state index contributed by atoms with van der Waals surface area (Å²) in [5.41, 5.74) is 3.79. The molecule has 0 spiro atoms. The maximum atomic E-state index is 6.64. The fraction of sp³-hybridized carbons (Fsp3) is 0.375. The van der Waals surface area contributed by atoms with Crippen molar-refractivity contribution in [2.45, 2.75) is 57.8 Å². The highest BCUT2D eigenvalue weighted by Crippen LogP contribution is 2.40. The first-order chi connectivity index (χ1) is 13.3. The summed E-state index contributed by atoms with van der Waals surface area (Å²) in [6.45, 7) is 11.3. The van der Waals surface area contributed by atoms with Gasteiger partial charge in [0.2, 0.25) is 5.89 Å². The molecule has 3 nitrogen and oxygen atoms in total. The number of aryl methyl sites for hydroxylation is 1. The molecule has 0 saturated heterocycles. The molecule has 0 amide bonds. The Balaban J connectivity index is 1.70. The van der Waals surface area contributed by atoms with Crippen LogP contribution < -0.4 is 0 Å². The van der Waals surface area contributed by atoms with Gasteiger partial charge in [-0.3, -0.25) is 0 Å². The van der Waals surface area contributed by atoms with Gasteiger partial charge in [0, 0.05) is 0 Å². The maximum absolute atomic E-state index is 6.64. The van der Waals surface area contributed by atoms with Crippen molar-refractivity contribution in [1.29, 1.82) is 0 Å². The predicted molar refractivity (Wildman–Crippen MR) is 118 cm³/mol. The predicted octanol–water partition coefficient (Wildman–Crippen LogP) is 7.04. The Morgan fingerprint density at radius 3 is 2.18 bits per heavy atom. The summed E-state index contributed by atoms with van der Waals surface area (Å²) in [5.74, 6) is 0.686. The number of aromatic nitrogens is 1. The monoisotopic (exact) mass is 393 g/mol. The summed E-state index contributed by atoms with van der Waals surface area (Å²) in [6, 6.07) is 19.3. The van der Waals surface area contributed by atoms with Crippen LogP contribution in [0.2, 0.25) is 18.1 Å². The van der Waals surface area contributed by atoms with E-state index in [2.05, 4.69) is 87.4 Å². The summed E-state index contributed by atoms with van der Waals surface area (Å²) in [7, 11) is -1.92. The lowest BCUT2D eigenvalue weighted by Gasteiger charge is -2.38. The number of benzene rings is 2. The molecule has 0 bridgehead atoms. The molecule has 0 saturated carbocycles. The Labute approximate surface area is 169 Å². The summed E-state index contributed by atoms with van der Waals surface area (Å²) < 4.78 is 12.2. The van der Waals surface area contributed by atoms with Crippen molar-refractivity contribution in [3.05, 3.63) is 78.5 Å². The number of hydrogen-bond donors (Lipinski definition) is 0. The molecule has 0 radical (unpaired) electrons. The average Bonchev–Trinajstić information content (AvgIpc) is 3.20. The van der Waals surface area contributed by atoms with Crippen LogP contribution in [-0.4, -0.2) is 13.3 Å². The van der Waals surface area contributed by atoms with E-state index in [4.69, 9.17) is 8.84 Å². The first-order valence-electron chi connectivity index (χ1n) is 9.98. The van der Waals surface area contributed by atoms with E-state index in [-0.39, 0.29) is 11.1 Å². The van der Waals surface area contributed by atoms with Gasteiger partial charge in [-0.25, -0.2) is 4.98 Å². The molecule has 1 heterocycles. The molecule has 3 aromatic rings. The highest BCUT2D eigenvalue weighted by Gasteiger charge is 2.40. The number of nitrogens with zero attached hydrogens (tertiary/aromatic N) is 1. The Morgan fingerprint density at radius 1 is 0.964 bits per heavy atom. The topological polar surface area (TPSA) is 35.3 Å². The van der Waals surface area contributed by atoms with Crippen LogP contribution in [0, 0.1) is 0 Å². The second-order valence-electron chi connectivity index (χ2n) is 8.84. The molecule has 1 aromatic heterocycles. The van der Waals surface area contributed by atoms with Gasteiger partial charge in [-0.15, -0.1) is 0 Å². The molecule has 0 aliphatic heterocycles. The minimum absolute atomic E-state index is 0.107. The Morgan fingerprint density at radius 2 is 1.61 bits per heavy atom. The zero-order valence-corrected chi connectivity index (χ0v) is 18.6. The summed E-state index contributed by atoms with van der Waals surface area (Å²) >= 11 is 0. The molecule has 1 atom stereocenters. The Kier molecular flexibility index (Phi) is 6.21. The van der Waals surface area contributed by atoms with E-state index >= 15 is 0 Å². The van der Waals surface area contributed by atoms with Gasteiger partial charge in [0.1, 0.15) is 12.4 Å². The van der Waals surface area contributed by atoms with Gasteiger partial charge < -0.3 is 8.84 Å². The van der Waals surface area contributed by atoms with Crippen LogP contribution in [0.3, 0.4) is 0 Å². The van der Waals surface area contributed by atoms with E-state index in [9.17, 15) is 0 Å². The van der Waals surface area contributed by atoms with Crippen LogP contribution in [0.5, 0.6) is 0 Å². The lowest BCUT2D eigenvalue weighted by atomic mass is 10.0. The molecule has 2 aromatic carbocycles. The van der Waals surface area contributed by atoms with Crippen LogP contribution in [0.25, 0.3) is 11.1 Å². The minimum atomic E-state index is -1.92. The molecule has 0 aliphatic carbocycles. The Hall–Kier alpha value is -2.17. The standard InChI is InChI=1S/C24H31NO2Si/c1-24(2,3)28(4,5)27-22(23-25-17-18-26-23)16-13-19-11-14-21(15-12-19)20-9-7-6-8-10-20/h6-12,14-15,17-18,22H,13,16H2,1-5H3. The van der Waals surface area contributed by atoms with Crippen LogP contribution in [0.4, 0.5) is 0 Å². The zero-order valence-electron chi connectivity index (χ0n) is 17.6. The van der Waals surface area contributed by atoms with E-state index in [1.807, 2.05) is 6.07 Å². The molecule has 0 aliphatic rings. The van der Waals surface area contributed by atoms with Crippen molar-refractivity contribution in [2.24, 2.45) is 0 Å². The van der Waals surface area contributed by atoms with E-state index in [0.717, 1.165) is 12.8 Å². The van der Waals surface area contributed by atoms with Crippen molar-refractivity contribution in [3.8, 4) is 11.1 Å². The summed E-state index contributed by atoms with van der Waals surface area (Å²) in [6.07, 6.45) is 5.01. The second kappa shape index (κ2) is 8.46. The third-order valence-corrected chi connectivity index (χ3v) is 10.2. The first kappa shape index (κ1) is 20.6. The molecule has 3 rings (SSSR count). The van der Waals surface area contributed by atoms with E-state index in [1.54, 1.807) is 12.5 Å². The van der Waals surface area contributed by atoms with Gasteiger partial charge in [-0.2, -0.15) is 0 Å². The zero-order chi connectivity index (χ0) is 20.2. The van der Waals surface area contributed by atoms with Crippen LogP contribution in [0.1, 0.15) is 44.8 Å². The molecular formula is C24H31NO2Si. The summed E-state index contributed by atoms with van der Waals surface area (Å²) in [5, 5.41) is 0.148. The fourth-order valence-corrected chi connectivity index (χ4v) is 4.23. The average molecular weight is 394 g/mol. The van der Waals surface area contributed by atoms with Gasteiger partial charge in [0.05, 0.1) is 6.20 Å². The molecule has 0 N–H and O–H groups in total. The lowest BCUT2D eigenvalue weighted by Crippen LogP contribution is -2.42. The molecule has 4 heteroatoms. The summed E-state index contributed by atoms with van der Waals surface area (Å²) in [4.78, 5) is 4.38. The third kappa shape index (κ3) is 5.00. The molecular weight excluding hydrogens is 362 g/mol. The molecule has 1 unspecified atom stereocenters. The van der Waals surface area contributed by atoms with Crippen LogP contribution in [0.15, 0.2) is 71.5 Å². The maximum Gasteiger partial charge on any atom is 0.221 e. The van der Waals surface area contributed by atoms with Crippen molar-refractivity contribution < 1.29 is 8.84 Å². The highest BCUT2D eigenvalue weighted by molar-refractivity contribution is 6.74. The Bertz CT molecular complexity index is 850. The van der Waals surface area contributed by atoms with Crippen molar-refractivity contribution >= 4 is 8.32 Å². The van der Waals surface area contributed by atoms with Crippen molar-refractivity contribution in [3.63, 3.8) is 0 Å². The van der Waals surface area contributed by atoms with E-state index in [0.29, 0.717) is 5.89 Å². The molecule has 28 heavy (non-hydrogen) atoms. The van der Waals surface area contributed by atoms with Crippen LogP contribution in [-0.2, 0) is 10.8 Å². The number of rotatable bonds is 7. The normalized spacial score (nSPS) is 13.5. The van der Waals surface area contributed by atoms with Gasteiger partial charge in [-0.05, 0) is 47.7 Å². The van der Waals surface area contributed by atoms with Gasteiger partial charge >= 0.3 is 0 Å².